The highest BCUT2D eigenvalue weighted by Gasteiger charge is 2.09. The highest BCUT2D eigenvalue weighted by atomic mass is 31.2. The third-order valence-corrected chi connectivity index (χ3v) is 5.22. The molecule has 0 bridgehead atoms. The van der Waals surface area contributed by atoms with Gasteiger partial charge in [-0.3, -0.25) is 4.57 Å². The summed E-state index contributed by atoms with van der Waals surface area (Å²) in [5, 5.41) is 18.3. The van der Waals surface area contributed by atoms with Gasteiger partial charge in [-0.1, -0.05) is 83.3 Å². The van der Waals surface area contributed by atoms with E-state index in [1.54, 1.807) is 6.08 Å². The Morgan fingerprint density at radius 1 is 0.929 bits per heavy atom. The third-order valence-electron chi connectivity index (χ3n) is 4.38. The van der Waals surface area contributed by atoms with E-state index in [0.717, 1.165) is 6.42 Å². The van der Waals surface area contributed by atoms with Crippen LogP contribution >= 0.6 is 7.60 Å². The molecule has 0 saturated heterocycles. The van der Waals surface area contributed by atoms with Gasteiger partial charge in [0.25, 0.3) is 0 Å². The van der Waals surface area contributed by atoms with Gasteiger partial charge < -0.3 is 31.5 Å². The maximum Gasteiger partial charge on any atom is 0.326 e. The Hall–Kier alpha value is -0.270. The average molecular weight is 425 g/mol. The molecule has 2 atom stereocenters. The standard InChI is InChI=1S/C18H37NO2.C2H8NO3P/c1-2-3-4-5-6-7-8-9-10-11-12-13-14-15-18(21)17(19)16-20;3-1-2-7(4,5)6/h14-15,17-18,20-21H,2-13,16,19H2,1H3;1-3H2,(H2,4,5,6)/b15-14+;. The second kappa shape index (κ2) is 21.4. The van der Waals surface area contributed by atoms with E-state index >= 15 is 0 Å². The molecule has 8 N–H and O–H groups in total. The molecule has 0 heterocycles. The number of unbranched alkanes of at least 4 members (excludes halogenated alkanes) is 11. The van der Waals surface area contributed by atoms with Crippen LogP contribution in [0.25, 0.3) is 0 Å². The summed E-state index contributed by atoms with van der Waals surface area (Å²) in [6.45, 7) is 2.13. The molecule has 0 aliphatic carbocycles. The Morgan fingerprint density at radius 3 is 1.75 bits per heavy atom. The van der Waals surface area contributed by atoms with Crippen LogP contribution in [0.2, 0.25) is 0 Å². The van der Waals surface area contributed by atoms with Crippen molar-refractivity contribution >= 4 is 7.60 Å². The summed E-state index contributed by atoms with van der Waals surface area (Å²) in [4.78, 5) is 16.1. The van der Waals surface area contributed by atoms with Crippen LogP contribution in [0.3, 0.4) is 0 Å². The molecular formula is C20H45N2O5P. The third kappa shape index (κ3) is 25.7. The summed E-state index contributed by atoms with van der Waals surface area (Å²) in [5.41, 5.74) is 10.3. The van der Waals surface area contributed by atoms with Gasteiger partial charge in [-0.05, 0) is 12.8 Å². The molecule has 0 aliphatic rings. The van der Waals surface area contributed by atoms with Gasteiger partial charge in [-0.15, -0.1) is 0 Å². The molecule has 7 nitrogen and oxygen atoms in total. The van der Waals surface area contributed by atoms with Gasteiger partial charge in [0.1, 0.15) is 0 Å². The molecule has 0 aromatic rings. The zero-order valence-electron chi connectivity index (χ0n) is 17.7. The first-order valence-electron chi connectivity index (χ1n) is 10.7. The molecule has 8 heteroatoms. The van der Waals surface area contributed by atoms with Crippen molar-refractivity contribution in [1.82, 2.24) is 0 Å². The highest BCUT2D eigenvalue weighted by molar-refractivity contribution is 7.51. The summed E-state index contributed by atoms with van der Waals surface area (Å²) in [6, 6.07) is -0.557. The molecular weight excluding hydrogens is 379 g/mol. The molecule has 0 aliphatic heterocycles. The van der Waals surface area contributed by atoms with Gasteiger partial charge in [0.2, 0.25) is 0 Å². The number of rotatable bonds is 17. The number of hydrogen-bond acceptors (Lipinski definition) is 5. The van der Waals surface area contributed by atoms with E-state index in [1.807, 2.05) is 6.08 Å². The molecule has 0 amide bonds. The van der Waals surface area contributed by atoms with Crippen molar-refractivity contribution in [3.63, 3.8) is 0 Å². The number of aliphatic hydroxyl groups is 2. The second-order valence-electron chi connectivity index (χ2n) is 7.27. The summed E-state index contributed by atoms with van der Waals surface area (Å²) in [7, 11) is -3.79. The monoisotopic (exact) mass is 424 g/mol. The second-order valence-corrected chi connectivity index (χ2v) is 9.04. The van der Waals surface area contributed by atoms with Crippen molar-refractivity contribution in [3.05, 3.63) is 12.2 Å². The summed E-state index contributed by atoms with van der Waals surface area (Å²) in [6.07, 6.45) is 18.6. The molecule has 0 spiro atoms. The number of aliphatic hydroxyl groups excluding tert-OH is 2. The Kier molecular flexibility index (Phi) is 22.9. The van der Waals surface area contributed by atoms with Crippen LogP contribution in [0.4, 0.5) is 0 Å². The van der Waals surface area contributed by atoms with E-state index in [4.69, 9.17) is 26.4 Å². The van der Waals surface area contributed by atoms with E-state index in [1.165, 1.54) is 70.6 Å². The van der Waals surface area contributed by atoms with Crippen molar-refractivity contribution in [3.8, 4) is 0 Å². The van der Waals surface area contributed by atoms with Gasteiger partial charge in [0, 0.05) is 6.54 Å². The average Bonchev–Trinajstić information content (AvgIpc) is 2.64. The summed E-state index contributed by atoms with van der Waals surface area (Å²) in [5.74, 6) is 0. The molecule has 0 aromatic carbocycles. The summed E-state index contributed by atoms with van der Waals surface area (Å²) >= 11 is 0. The van der Waals surface area contributed by atoms with Crippen LogP contribution in [0.1, 0.15) is 84.0 Å². The normalized spacial score (nSPS) is 14.0. The van der Waals surface area contributed by atoms with Gasteiger partial charge >= 0.3 is 7.60 Å². The van der Waals surface area contributed by atoms with Crippen LogP contribution in [-0.2, 0) is 4.57 Å². The van der Waals surface area contributed by atoms with Crippen LogP contribution < -0.4 is 11.5 Å². The van der Waals surface area contributed by atoms with E-state index in [-0.39, 0.29) is 19.3 Å². The minimum atomic E-state index is -3.79. The lowest BCUT2D eigenvalue weighted by molar-refractivity contribution is 0.144. The van der Waals surface area contributed by atoms with Crippen LogP contribution in [0.5, 0.6) is 0 Å². The first-order chi connectivity index (χ1) is 13.3. The molecule has 0 aromatic heterocycles. The van der Waals surface area contributed by atoms with Crippen molar-refractivity contribution in [2.45, 2.75) is 96.1 Å². The number of nitrogens with two attached hydrogens (primary N) is 2. The van der Waals surface area contributed by atoms with Gasteiger partial charge in [0.15, 0.2) is 0 Å². The lowest BCUT2D eigenvalue weighted by atomic mass is 10.0. The van der Waals surface area contributed by atoms with E-state index in [2.05, 4.69) is 6.92 Å². The van der Waals surface area contributed by atoms with Crippen molar-refractivity contribution in [1.29, 1.82) is 0 Å². The lowest BCUT2D eigenvalue weighted by Gasteiger charge is -2.11. The molecule has 0 radical (unpaired) electrons. The van der Waals surface area contributed by atoms with Gasteiger partial charge in [-0.2, -0.15) is 0 Å². The Balaban J connectivity index is 0. The van der Waals surface area contributed by atoms with Crippen LogP contribution in [0.15, 0.2) is 12.2 Å². The van der Waals surface area contributed by atoms with E-state index < -0.39 is 19.7 Å². The fourth-order valence-electron chi connectivity index (χ4n) is 2.58. The molecule has 170 valence electrons. The van der Waals surface area contributed by atoms with Crippen LogP contribution in [0, 0.1) is 0 Å². The summed E-state index contributed by atoms with van der Waals surface area (Å²) < 4.78 is 9.85. The topological polar surface area (TPSA) is 150 Å². The number of allylic oxidation sites excluding steroid dienone is 1. The molecule has 0 fully saturated rings. The zero-order valence-corrected chi connectivity index (χ0v) is 18.6. The molecule has 2 unspecified atom stereocenters. The van der Waals surface area contributed by atoms with Crippen molar-refractivity contribution in [2.75, 3.05) is 19.3 Å². The zero-order chi connectivity index (χ0) is 21.7. The minimum Gasteiger partial charge on any atom is -0.395 e. The maximum atomic E-state index is 9.85. The smallest absolute Gasteiger partial charge is 0.326 e. The van der Waals surface area contributed by atoms with Crippen LogP contribution in [-0.4, -0.2) is 51.5 Å². The first-order valence-corrected chi connectivity index (χ1v) is 12.5. The minimum absolute atomic E-state index is 0.0459. The number of hydrogen-bond donors (Lipinski definition) is 6. The fraction of sp³-hybridized carbons (Fsp3) is 0.900. The molecule has 0 saturated carbocycles. The fourth-order valence-corrected chi connectivity index (χ4v) is 2.92. The van der Waals surface area contributed by atoms with Gasteiger partial charge in [0.05, 0.1) is 24.9 Å². The van der Waals surface area contributed by atoms with Gasteiger partial charge in [-0.25, -0.2) is 0 Å². The Labute approximate surface area is 171 Å². The maximum absolute atomic E-state index is 9.85. The lowest BCUT2D eigenvalue weighted by Crippen LogP contribution is -2.36. The first kappa shape index (κ1) is 29.9. The highest BCUT2D eigenvalue weighted by Crippen LogP contribution is 2.32. The van der Waals surface area contributed by atoms with Crippen molar-refractivity contribution < 1.29 is 24.6 Å². The largest absolute Gasteiger partial charge is 0.395 e. The van der Waals surface area contributed by atoms with Crippen molar-refractivity contribution in [2.24, 2.45) is 11.5 Å². The molecule has 28 heavy (non-hydrogen) atoms. The Bertz CT molecular complexity index is 391. The van der Waals surface area contributed by atoms with E-state index in [0.29, 0.717) is 0 Å². The van der Waals surface area contributed by atoms with E-state index in [9.17, 15) is 9.67 Å². The SMILES string of the molecule is CCCCCCCCCCCCC/C=C/C(O)C(N)CO.NCCP(=O)(O)O. The predicted octanol–water partition coefficient (Wildman–Crippen LogP) is 3.05. The quantitative estimate of drug-likeness (QED) is 0.119. The molecule has 0 rings (SSSR count). The Morgan fingerprint density at radius 2 is 1.39 bits per heavy atom. The predicted molar refractivity (Wildman–Crippen MR) is 117 cm³/mol.